The number of nitrogens with zero attached hydrogens (tertiary/aromatic N) is 6. The molecule has 0 saturated carbocycles. The highest BCUT2D eigenvalue weighted by Crippen LogP contribution is 2.14. The van der Waals surface area contributed by atoms with E-state index in [9.17, 15) is 14.4 Å². The summed E-state index contributed by atoms with van der Waals surface area (Å²) in [5, 5.41) is 3.97. The van der Waals surface area contributed by atoms with Crippen LogP contribution in [0, 0.1) is 0 Å². The van der Waals surface area contributed by atoms with E-state index in [1.165, 1.54) is 10.6 Å². The Labute approximate surface area is 217 Å². The lowest BCUT2D eigenvalue weighted by Crippen LogP contribution is -2.50. The summed E-state index contributed by atoms with van der Waals surface area (Å²) in [6.07, 6.45) is 4.92. The van der Waals surface area contributed by atoms with Crippen molar-refractivity contribution in [1.82, 2.24) is 29.7 Å². The third-order valence-electron chi connectivity index (χ3n) is 6.22. The number of carbonyl (C=O) groups excluding carboxylic acids is 2. The fraction of sp³-hybridized carbons (Fsp3) is 0.231. The summed E-state index contributed by atoms with van der Waals surface area (Å²) in [4.78, 5) is 56.1. The van der Waals surface area contributed by atoms with Crippen LogP contribution in [-0.2, 0) is 17.9 Å². The number of pyridine rings is 2. The van der Waals surface area contributed by atoms with Gasteiger partial charge in [-0.25, -0.2) is 15.0 Å². The van der Waals surface area contributed by atoms with E-state index in [4.69, 9.17) is 11.6 Å². The van der Waals surface area contributed by atoms with Gasteiger partial charge in [0.2, 0.25) is 11.9 Å². The van der Waals surface area contributed by atoms with Crippen molar-refractivity contribution in [3.63, 3.8) is 0 Å². The number of piperazine rings is 1. The van der Waals surface area contributed by atoms with Crippen LogP contribution in [0.5, 0.6) is 0 Å². The molecule has 4 heterocycles. The Morgan fingerprint density at radius 1 is 0.919 bits per heavy atom. The Morgan fingerprint density at radius 3 is 2.35 bits per heavy atom. The molecule has 3 aromatic heterocycles. The molecule has 4 aromatic rings. The molecule has 1 N–H and O–H groups in total. The van der Waals surface area contributed by atoms with Gasteiger partial charge in [-0.3, -0.25) is 19.0 Å². The van der Waals surface area contributed by atoms with E-state index in [1.807, 2.05) is 4.90 Å². The van der Waals surface area contributed by atoms with Crippen molar-refractivity contribution < 1.29 is 9.59 Å². The predicted octanol–water partition coefficient (Wildman–Crippen LogP) is 2.12. The van der Waals surface area contributed by atoms with Crippen molar-refractivity contribution in [2.45, 2.75) is 13.1 Å². The zero-order valence-electron chi connectivity index (χ0n) is 19.9. The van der Waals surface area contributed by atoms with Crippen LogP contribution in [0.25, 0.3) is 11.0 Å². The van der Waals surface area contributed by atoms with Crippen molar-refractivity contribution >= 4 is 40.4 Å². The van der Waals surface area contributed by atoms with Crippen molar-refractivity contribution in [3.05, 3.63) is 93.6 Å². The van der Waals surface area contributed by atoms with Crippen LogP contribution in [-0.4, -0.2) is 62.4 Å². The topological polar surface area (TPSA) is 113 Å². The Morgan fingerprint density at radius 2 is 1.62 bits per heavy atom. The average molecular weight is 518 g/mol. The van der Waals surface area contributed by atoms with Crippen molar-refractivity contribution in [2.24, 2.45) is 0 Å². The Bertz CT molecular complexity index is 1480. The molecule has 37 heavy (non-hydrogen) atoms. The molecule has 2 amide bonds. The fourth-order valence-corrected chi connectivity index (χ4v) is 4.37. The second-order valence-electron chi connectivity index (χ2n) is 8.59. The minimum absolute atomic E-state index is 0.0479. The van der Waals surface area contributed by atoms with Gasteiger partial charge in [0.15, 0.2) is 0 Å². The van der Waals surface area contributed by atoms with Gasteiger partial charge >= 0.3 is 0 Å². The highest BCUT2D eigenvalue weighted by Gasteiger charge is 2.24. The van der Waals surface area contributed by atoms with Crippen molar-refractivity contribution in [3.8, 4) is 0 Å². The van der Waals surface area contributed by atoms with Gasteiger partial charge in [0.05, 0.1) is 0 Å². The second-order valence-corrected chi connectivity index (χ2v) is 9.03. The summed E-state index contributed by atoms with van der Waals surface area (Å²) in [5.74, 6) is -0.122. The van der Waals surface area contributed by atoms with Crippen LogP contribution in [0.3, 0.4) is 0 Å². The minimum Gasteiger partial charge on any atom is -0.348 e. The van der Waals surface area contributed by atoms with Crippen LogP contribution in [0.2, 0.25) is 5.02 Å². The van der Waals surface area contributed by atoms with E-state index < -0.39 is 11.5 Å². The molecule has 0 aliphatic carbocycles. The molecule has 0 bridgehead atoms. The Kier molecular flexibility index (Phi) is 7.09. The van der Waals surface area contributed by atoms with E-state index in [0.29, 0.717) is 48.2 Å². The molecular formula is C26H24ClN7O3. The fourth-order valence-electron chi connectivity index (χ4n) is 4.24. The molecule has 1 aliphatic heterocycles. The smallest absolute Gasteiger partial charge is 0.265 e. The lowest BCUT2D eigenvalue weighted by molar-refractivity contribution is -0.132. The first-order valence-corrected chi connectivity index (χ1v) is 12.2. The molecule has 10 nitrogen and oxygen atoms in total. The number of halogens is 1. The van der Waals surface area contributed by atoms with Crippen LogP contribution in [0.15, 0.2) is 71.9 Å². The summed E-state index contributed by atoms with van der Waals surface area (Å²) in [6.45, 7) is 2.12. The summed E-state index contributed by atoms with van der Waals surface area (Å²) in [5.41, 5.74) is 0.583. The maximum atomic E-state index is 13.4. The molecule has 1 aromatic carbocycles. The number of amides is 2. The van der Waals surface area contributed by atoms with Gasteiger partial charge in [-0.05, 0) is 42.0 Å². The van der Waals surface area contributed by atoms with Crippen molar-refractivity contribution in [2.75, 3.05) is 31.1 Å². The van der Waals surface area contributed by atoms with E-state index in [-0.39, 0.29) is 24.6 Å². The molecule has 0 spiro atoms. The van der Waals surface area contributed by atoms with E-state index in [0.717, 1.165) is 5.56 Å². The van der Waals surface area contributed by atoms with Crippen LogP contribution in [0.4, 0.5) is 5.95 Å². The molecule has 5 rings (SSSR count). The number of nitrogens with one attached hydrogen (secondary N) is 1. The number of hydrogen-bond donors (Lipinski definition) is 1. The summed E-state index contributed by atoms with van der Waals surface area (Å²) in [6, 6.07) is 13.8. The number of rotatable bonds is 6. The van der Waals surface area contributed by atoms with E-state index in [2.05, 4.69) is 20.3 Å². The number of aromatic nitrogens is 4. The number of benzene rings is 1. The second kappa shape index (κ2) is 10.8. The minimum atomic E-state index is -0.565. The van der Waals surface area contributed by atoms with Crippen LogP contribution in [0.1, 0.15) is 15.9 Å². The Hall–Kier alpha value is -4.31. The molecule has 1 aliphatic rings. The molecule has 0 radical (unpaired) electrons. The molecule has 0 atom stereocenters. The quantitative estimate of drug-likeness (QED) is 0.417. The molecule has 1 fully saturated rings. The molecule has 188 valence electrons. The highest BCUT2D eigenvalue weighted by atomic mass is 35.5. The zero-order valence-corrected chi connectivity index (χ0v) is 20.6. The number of carbonyl (C=O) groups is 2. The van der Waals surface area contributed by atoms with Gasteiger partial charge in [-0.1, -0.05) is 23.7 Å². The maximum Gasteiger partial charge on any atom is 0.265 e. The third kappa shape index (κ3) is 5.44. The molecule has 11 heteroatoms. The van der Waals surface area contributed by atoms with Gasteiger partial charge < -0.3 is 15.1 Å². The maximum absolute atomic E-state index is 13.4. The van der Waals surface area contributed by atoms with Gasteiger partial charge in [-0.2, -0.15) is 0 Å². The average Bonchev–Trinajstić information content (AvgIpc) is 2.94. The first-order chi connectivity index (χ1) is 18.0. The molecular weight excluding hydrogens is 494 g/mol. The number of anilines is 1. The number of fused-ring (bicyclic) bond motifs is 1. The van der Waals surface area contributed by atoms with Gasteiger partial charge in [-0.15, -0.1) is 0 Å². The first-order valence-electron chi connectivity index (χ1n) is 11.8. The van der Waals surface area contributed by atoms with Crippen LogP contribution < -0.4 is 15.8 Å². The SMILES string of the molecule is O=C(NCc1ccc(Cl)cc1)c1cc2cccnc2n(CC(=O)N2CCN(c3ncccn3)CC2)c1=O. The van der Waals surface area contributed by atoms with Gasteiger partial charge in [0, 0.05) is 61.7 Å². The lowest BCUT2D eigenvalue weighted by atomic mass is 10.1. The van der Waals surface area contributed by atoms with Crippen LogP contribution >= 0.6 is 11.6 Å². The predicted molar refractivity (Wildman–Crippen MR) is 139 cm³/mol. The standard InChI is InChI=1S/C26H24ClN7O3/c27-20-6-4-18(5-7-20)16-31-24(36)21-15-19-3-1-8-28-23(19)34(25(21)37)17-22(35)32-11-13-33(14-12-32)26-29-9-2-10-30-26/h1-10,15H,11-14,16-17H2,(H,31,36). The largest absolute Gasteiger partial charge is 0.348 e. The third-order valence-corrected chi connectivity index (χ3v) is 6.47. The van der Waals surface area contributed by atoms with E-state index in [1.54, 1.807) is 66.0 Å². The highest BCUT2D eigenvalue weighted by molar-refractivity contribution is 6.30. The summed E-state index contributed by atoms with van der Waals surface area (Å²) >= 11 is 5.92. The van der Waals surface area contributed by atoms with E-state index >= 15 is 0 Å². The summed E-state index contributed by atoms with van der Waals surface area (Å²) in [7, 11) is 0. The van der Waals surface area contributed by atoms with Crippen molar-refractivity contribution in [1.29, 1.82) is 0 Å². The Balaban J connectivity index is 1.33. The monoisotopic (exact) mass is 517 g/mol. The summed E-state index contributed by atoms with van der Waals surface area (Å²) < 4.78 is 1.28. The molecule has 1 saturated heterocycles. The molecule has 0 unspecified atom stereocenters. The van der Waals surface area contributed by atoms with Gasteiger partial charge in [0.1, 0.15) is 17.8 Å². The first kappa shape index (κ1) is 24.4. The number of hydrogen-bond acceptors (Lipinski definition) is 7. The lowest BCUT2D eigenvalue weighted by Gasteiger charge is -2.34. The normalized spacial score (nSPS) is 13.5. The van der Waals surface area contributed by atoms with Gasteiger partial charge in [0.25, 0.3) is 11.5 Å². The zero-order chi connectivity index (χ0) is 25.8.